The highest BCUT2D eigenvalue weighted by molar-refractivity contribution is 7.89. The third-order valence-corrected chi connectivity index (χ3v) is 22.9. The predicted molar refractivity (Wildman–Crippen MR) is 327 cm³/mol. The average Bonchev–Trinajstić information content (AvgIpc) is 1.68. The molecule has 3 aromatic carbocycles. The summed E-state index contributed by atoms with van der Waals surface area (Å²) in [7, 11) is -3.63. The lowest BCUT2D eigenvalue weighted by Gasteiger charge is -2.41. The van der Waals surface area contributed by atoms with Gasteiger partial charge in [-0.3, -0.25) is 24.0 Å². The van der Waals surface area contributed by atoms with E-state index in [0.717, 1.165) is 63.1 Å². The number of Topliss-reactive ketones (excluding diaryl/α,β-unsaturated/α-hetero) is 2. The van der Waals surface area contributed by atoms with Gasteiger partial charge >= 0.3 is 0 Å². The van der Waals surface area contributed by atoms with E-state index in [1.54, 1.807) is 0 Å². The van der Waals surface area contributed by atoms with Crippen LogP contribution < -0.4 is 22.5 Å². The van der Waals surface area contributed by atoms with Crippen molar-refractivity contribution in [2.75, 3.05) is 25.5 Å². The van der Waals surface area contributed by atoms with E-state index in [-0.39, 0.29) is 163 Å². The van der Waals surface area contributed by atoms with Gasteiger partial charge in [0.15, 0.2) is 47.1 Å². The number of oxazole rings is 1. The lowest BCUT2D eigenvalue weighted by Crippen LogP contribution is -2.51. The molecular formula is C67H83F9N8O10S. The number of rotatable bonds is 22. The van der Waals surface area contributed by atoms with E-state index in [0.29, 0.717) is 95.6 Å². The molecule has 1 aliphatic carbocycles. The van der Waals surface area contributed by atoms with Gasteiger partial charge < -0.3 is 46.6 Å². The van der Waals surface area contributed by atoms with Crippen molar-refractivity contribution in [3.8, 4) is 0 Å². The van der Waals surface area contributed by atoms with Crippen molar-refractivity contribution in [1.29, 1.82) is 0 Å². The van der Waals surface area contributed by atoms with Crippen molar-refractivity contribution in [2.24, 2.45) is 40.9 Å². The number of piperidine rings is 3. The lowest BCUT2D eigenvalue weighted by atomic mass is 9.82. The van der Waals surface area contributed by atoms with Crippen LogP contribution in [0.3, 0.4) is 0 Å². The molecule has 8 aliphatic rings. The highest BCUT2D eigenvalue weighted by Gasteiger charge is 2.50. The molecule has 7 saturated heterocycles. The highest BCUT2D eigenvalue weighted by Crippen LogP contribution is 2.45. The molecule has 12 rings (SSSR count). The fourth-order valence-corrected chi connectivity index (χ4v) is 17.6. The molecule has 7 aliphatic heterocycles. The number of hydrogen-bond acceptors (Lipinski definition) is 14. The smallest absolute Gasteiger partial charge is 0.288 e. The molecule has 12 atom stereocenters. The monoisotopic (exact) mass is 1360 g/mol. The van der Waals surface area contributed by atoms with Crippen LogP contribution in [0.15, 0.2) is 53.4 Å². The summed E-state index contributed by atoms with van der Waals surface area (Å²) in [5, 5.41) is 12.4. The number of nitrogens with zero attached hydrogens (tertiary/aromatic N) is 4. The molecule has 18 nitrogen and oxygen atoms in total. The summed E-state index contributed by atoms with van der Waals surface area (Å²) in [5.74, 6) is -10.3. The zero-order valence-electron chi connectivity index (χ0n) is 52.7. The van der Waals surface area contributed by atoms with Gasteiger partial charge in [-0.1, -0.05) is 0 Å². The number of ketones is 2. The molecule has 1 saturated carbocycles. The lowest BCUT2D eigenvalue weighted by molar-refractivity contribution is -0.139. The second kappa shape index (κ2) is 30.6. The number of hydrogen-bond donors (Lipinski definition) is 5. The third kappa shape index (κ3) is 17.2. The number of carbonyl (C=O) groups is 5. The maximum absolute atomic E-state index is 14.0. The Labute approximate surface area is 545 Å². The average molecular weight is 1360 g/mol. The standard InChI is InChI=1S/C24H31F3N2O3.C22H27F3N2O3.C21H25F3N4O4S/c25-19-13-21(27)20(26)11-15(19)12-22(28)16-9-17-1-2-18(10-16)29(17)24(31)4-3-23(30)14-5-7-32-8-6-14;23-16-11-18(25)17(24)9-12(16)10-19(26)13-7-14-1-2-15(8-13)27(14)21(29)4-3-20(28)22(30)5-6-22;22-16-9-18(24)17(23)7-12(16)8-19(25)13-5-14-1-2-15(6-13)28(14)33(30,31)4-3-27-21(29)20-10-26-11-32-20/h11,13-14,16-18,22H,1-10,12,28H2;9,11,13-15,19,30H,1-8,10,26H2;7,9-11,13-15,19H,1-6,8,25H2,(H,27,29)/t16?,17-,18+,22-;2*13?,14-,15+,19-/m111/s1. The normalized spacial score (nSPS) is 26.2. The molecule has 3 unspecified atom stereocenters. The molecule has 6 bridgehead atoms. The van der Waals surface area contributed by atoms with Crippen LogP contribution in [-0.2, 0) is 53.2 Å². The summed E-state index contributed by atoms with van der Waals surface area (Å²) in [4.78, 5) is 69.4. The van der Waals surface area contributed by atoms with Gasteiger partial charge in [0.1, 0.15) is 28.8 Å². The number of aromatic nitrogens is 1. The van der Waals surface area contributed by atoms with Gasteiger partial charge in [0.25, 0.3) is 5.91 Å². The number of aliphatic hydroxyl groups is 1. The van der Waals surface area contributed by atoms with Crippen molar-refractivity contribution in [2.45, 2.75) is 208 Å². The van der Waals surface area contributed by atoms with Crippen molar-refractivity contribution in [1.82, 2.24) is 24.4 Å². The van der Waals surface area contributed by atoms with Gasteiger partial charge in [-0.05, 0) is 175 Å². The van der Waals surface area contributed by atoms with E-state index in [1.807, 2.05) is 9.80 Å². The summed E-state index contributed by atoms with van der Waals surface area (Å²) < 4.78 is 160. The molecule has 1 aromatic heterocycles. The molecule has 8 fully saturated rings. The Morgan fingerprint density at radius 3 is 1.32 bits per heavy atom. The Bertz CT molecular complexity index is 3510. The van der Waals surface area contributed by atoms with Crippen LogP contribution in [0, 0.1) is 76.0 Å². The summed E-state index contributed by atoms with van der Waals surface area (Å²) in [6.07, 6.45) is 14.4. The summed E-state index contributed by atoms with van der Waals surface area (Å²) in [6.45, 7) is 1.14. The van der Waals surface area contributed by atoms with Crippen LogP contribution in [0.1, 0.15) is 156 Å². The quantitative estimate of drug-likeness (QED) is 0.0367. The number of amides is 3. The summed E-state index contributed by atoms with van der Waals surface area (Å²) in [5.41, 5.74) is 17.9. The second-order valence-electron chi connectivity index (χ2n) is 27.2. The Morgan fingerprint density at radius 1 is 0.547 bits per heavy atom. The second-order valence-corrected chi connectivity index (χ2v) is 29.2. The molecule has 8 heterocycles. The van der Waals surface area contributed by atoms with Crippen LogP contribution in [-0.4, -0.2) is 147 Å². The summed E-state index contributed by atoms with van der Waals surface area (Å²) >= 11 is 0. The minimum absolute atomic E-state index is 0.000239. The predicted octanol–water partition coefficient (Wildman–Crippen LogP) is 8.10. The van der Waals surface area contributed by atoms with Crippen LogP contribution in [0.5, 0.6) is 0 Å². The Hall–Kier alpha value is -6.30. The largest absolute Gasteiger partial charge is 0.438 e. The number of carbonyl (C=O) groups excluding carboxylic acids is 5. The Kier molecular flexibility index (Phi) is 23.0. The molecule has 3 amide bonds. The van der Waals surface area contributed by atoms with E-state index < -0.39 is 92.0 Å². The van der Waals surface area contributed by atoms with Gasteiger partial charge in [-0.25, -0.2) is 52.9 Å². The van der Waals surface area contributed by atoms with Crippen molar-refractivity contribution >= 4 is 39.3 Å². The van der Waals surface area contributed by atoms with E-state index >= 15 is 0 Å². The zero-order valence-corrected chi connectivity index (χ0v) is 53.5. The molecule has 0 radical (unpaired) electrons. The minimum atomic E-state index is -3.63. The van der Waals surface area contributed by atoms with Gasteiger partial charge in [-0.2, -0.15) is 4.31 Å². The Balaban J connectivity index is 0.000000155. The zero-order chi connectivity index (χ0) is 68.2. The van der Waals surface area contributed by atoms with Crippen molar-refractivity contribution < 1.29 is 86.2 Å². The first-order valence-corrected chi connectivity index (χ1v) is 34.6. The fraction of sp³-hybridized carbons (Fsp3) is 0.612. The molecule has 8 N–H and O–H groups in total. The number of benzene rings is 3. The number of halogens is 9. The Morgan fingerprint density at radius 2 is 0.926 bits per heavy atom. The summed E-state index contributed by atoms with van der Waals surface area (Å²) in [6, 6.07) is 2.59. The highest BCUT2D eigenvalue weighted by atomic mass is 32.2. The first kappa shape index (κ1) is 71.5. The number of sulfonamides is 1. The van der Waals surface area contributed by atoms with E-state index in [2.05, 4.69) is 10.3 Å². The maximum atomic E-state index is 14.0. The number of nitrogens with one attached hydrogen (secondary N) is 1. The van der Waals surface area contributed by atoms with Gasteiger partial charge in [-0.15, -0.1) is 0 Å². The molecular weight excluding hydrogens is 1280 g/mol. The van der Waals surface area contributed by atoms with Gasteiger partial charge in [0.05, 0.1) is 11.9 Å². The van der Waals surface area contributed by atoms with Crippen molar-refractivity contribution in [3.05, 3.63) is 124 Å². The van der Waals surface area contributed by atoms with Crippen LogP contribution in [0.25, 0.3) is 0 Å². The van der Waals surface area contributed by atoms with Crippen LogP contribution in [0.2, 0.25) is 0 Å². The number of fused-ring (bicyclic) bond motifs is 6. The first-order chi connectivity index (χ1) is 45.2. The van der Waals surface area contributed by atoms with Gasteiger partial charge in [0.2, 0.25) is 27.6 Å². The molecule has 4 aromatic rings. The van der Waals surface area contributed by atoms with Crippen molar-refractivity contribution in [3.63, 3.8) is 0 Å². The van der Waals surface area contributed by atoms with Gasteiger partial charge in [0, 0.05) is 124 Å². The molecule has 28 heteroatoms. The first-order valence-electron chi connectivity index (χ1n) is 33.0. The fourth-order valence-electron chi connectivity index (χ4n) is 15.7. The topological polar surface area (TPSA) is 275 Å². The maximum Gasteiger partial charge on any atom is 0.288 e. The number of ether oxygens (including phenoxy) is 1. The molecule has 0 spiro atoms. The molecule has 520 valence electrons. The SMILES string of the molecule is N[C@H](Cc1cc(F)c(F)cc1F)C1C[C@H]2CC[C@@H](C1)N2C(=O)CCC(=O)C1(O)CC1.N[C@H](Cc1cc(F)c(F)cc1F)C1C[C@H]2CC[C@@H](C1)N2C(=O)CCC(=O)C1CCOCC1.N[C@H](Cc1cc(F)c(F)cc1F)C1C[C@H]2CC[C@@H](C1)N2S(=O)(=O)CCNC(=O)c1cnco1. The minimum Gasteiger partial charge on any atom is -0.438 e. The third-order valence-electron chi connectivity index (χ3n) is 21.0. The number of nitrogens with two attached hydrogens (primary N) is 3. The van der Waals surface area contributed by atoms with E-state index in [4.69, 9.17) is 26.4 Å². The molecule has 95 heavy (non-hydrogen) atoms. The van der Waals surface area contributed by atoms with E-state index in [9.17, 15) is 77.0 Å². The van der Waals surface area contributed by atoms with Crippen LogP contribution in [0.4, 0.5) is 39.5 Å². The van der Waals surface area contributed by atoms with Crippen LogP contribution >= 0.6 is 0 Å². The van der Waals surface area contributed by atoms with E-state index in [1.165, 1.54) is 10.5 Å².